The Kier molecular flexibility index (Phi) is 4.60. The Bertz CT molecular complexity index is 385. The molecule has 2 heterocycles. The molecule has 0 aliphatic heterocycles. The SMILES string of the molecule is Cl.N[C@@H](c1ccsc1)c1sccc1Br. The molecule has 0 saturated heterocycles. The van der Waals surface area contributed by atoms with Crippen LogP contribution in [-0.2, 0) is 0 Å². The Morgan fingerprint density at radius 1 is 1.29 bits per heavy atom. The van der Waals surface area contributed by atoms with Gasteiger partial charge in [0.05, 0.1) is 6.04 Å². The number of hydrogen-bond acceptors (Lipinski definition) is 3. The maximum Gasteiger partial charge on any atom is 0.0665 e. The summed E-state index contributed by atoms with van der Waals surface area (Å²) >= 11 is 6.86. The maximum absolute atomic E-state index is 6.09. The molecule has 0 spiro atoms. The van der Waals surface area contributed by atoms with Crippen LogP contribution in [0.1, 0.15) is 16.5 Å². The molecule has 1 atom stereocenters. The second-order valence-corrected chi connectivity index (χ2v) is 5.25. The van der Waals surface area contributed by atoms with Crippen molar-refractivity contribution in [3.63, 3.8) is 0 Å². The minimum Gasteiger partial charge on any atom is -0.320 e. The summed E-state index contributed by atoms with van der Waals surface area (Å²) < 4.78 is 1.11. The third kappa shape index (κ3) is 2.38. The normalized spacial score (nSPS) is 12.1. The van der Waals surface area contributed by atoms with Gasteiger partial charge >= 0.3 is 0 Å². The summed E-state index contributed by atoms with van der Waals surface area (Å²) in [6, 6.07) is 4.12. The van der Waals surface area contributed by atoms with Gasteiger partial charge in [-0.1, -0.05) is 0 Å². The molecular formula is C9H9BrClNS2. The molecule has 5 heteroatoms. The van der Waals surface area contributed by atoms with E-state index in [0.717, 1.165) is 4.47 Å². The van der Waals surface area contributed by atoms with Crippen molar-refractivity contribution in [3.8, 4) is 0 Å². The lowest BCUT2D eigenvalue weighted by atomic mass is 10.1. The zero-order valence-electron chi connectivity index (χ0n) is 7.14. The Labute approximate surface area is 105 Å². The van der Waals surface area contributed by atoms with Crippen molar-refractivity contribution >= 4 is 51.0 Å². The molecule has 0 aromatic carbocycles. The van der Waals surface area contributed by atoms with E-state index in [-0.39, 0.29) is 18.4 Å². The molecule has 2 rings (SSSR count). The van der Waals surface area contributed by atoms with Crippen LogP contribution in [0, 0.1) is 0 Å². The molecule has 14 heavy (non-hydrogen) atoms. The van der Waals surface area contributed by atoms with E-state index >= 15 is 0 Å². The Hall–Kier alpha value is 0.130. The molecule has 0 aliphatic carbocycles. The second-order valence-electron chi connectivity index (χ2n) is 2.67. The summed E-state index contributed by atoms with van der Waals surface area (Å²) in [6.45, 7) is 0. The quantitative estimate of drug-likeness (QED) is 0.890. The molecule has 0 bridgehead atoms. The lowest BCUT2D eigenvalue weighted by Gasteiger charge is -2.07. The lowest BCUT2D eigenvalue weighted by molar-refractivity contribution is 0.895. The fraction of sp³-hybridized carbons (Fsp3) is 0.111. The lowest BCUT2D eigenvalue weighted by Crippen LogP contribution is -2.09. The minimum absolute atomic E-state index is 0. The maximum atomic E-state index is 6.09. The van der Waals surface area contributed by atoms with Gasteiger partial charge in [-0.2, -0.15) is 11.3 Å². The van der Waals surface area contributed by atoms with Crippen LogP contribution < -0.4 is 5.73 Å². The minimum atomic E-state index is 0. The first-order valence-corrected chi connectivity index (χ1v) is 6.41. The van der Waals surface area contributed by atoms with Crippen LogP contribution in [0.2, 0.25) is 0 Å². The molecule has 2 N–H and O–H groups in total. The number of halogens is 2. The van der Waals surface area contributed by atoms with E-state index in [1.54, 1.807) is 22.7 Å². The van der Waals surface area contributed by atoms with E-state index in [2.05, 4.69) is 32.8 Å². The van der Waals surface area contributed by atoms with Gasteiger partial charge in [-0.3, -0.25) is 0 Å². The van der Waals surface area contributed by atoms with Crippen molar-refractivity contribution in [2.75, 3.05) is 0 Å². The Morgan fingerprint density at radius 3 is 2.57 bits per heavy atom. The molecule has 0 unspecified atom stereocenters. The van der Waals surface area contributed by atoms with E-state index in [1.807, 2.05) is 11.4 Å². The fourth-order valence-electron chi connectivity index (χ4n) is 1.13. The van der Waals surface area contributed by atoms with Gasteiger partial charge in [0.2, 0.25) is 0 Å². The zero-order valence-corrected chi connectivity index (χ0v) is 11.2. The van der Waals surface area contributed by atoms with Crippen LogP contribution in [0.3, 0.4) is 0 Å². The highest BCUT2D eigenvalue weighted by Crippen LogP contribution is 2.32. The van der Waals surface area contributed by atoms with E-state index < -0.39 is 0 Å². The average molecular weight is 311 g/mol. The van der Waals surface area contributed by atoms with Gasteiger partial charge in [0.1, 0.15) is 0 Å². The third-order valence-electron chi connectivity index (χ3n) is 1.83. The Balaban J connectivity index is 0.000000980. The van der Waals surface area contributed by atoms with Gasteiger partial charge in [-0.15, -0.1) is 23.7 Å². The highest BCUT2D eigenvalue weighted by Gasteiger charge is 2.13. The highest BCUT2D eigenvalue weighted by molar-refractivity contribution is 9.10. The molecule has 0 saturated carbocycles. The van der Waals surface area contributed by atoms with E-state index in [1.165, 1.54) is 10.4 Å². The Morgan fingerprint density at radius 2 is 2.07 bits per heavy atom. The van der Waals surface area contributed by atoms with Crippen molar-refractivity contribution in [3.05, 3.63) is 43.2 Å². The zero-order chi connectivity index (χ0) is 9.26. The van der Waals surface area contributed by atoms with Gasteiger partial charge < -0.3 is 5.73 Å². The van der Waals surface area contributed by atoms with Crippen molar-refractivity contribution in [2.24, 2.45) is 5.73 Å². The molecule has 2 aromatic rings. The smallest absolute Gasteiger partial charge is 0.0665 e. The van der Waals surface area contributed by atoms with Crippen LogP contribution in [-0.4, -0.2) is 0 Å². The summed E-state index contributed by atoms with van der Waals surface area (Å²) in [6.07, 6.45) is 0. The summed E-state index contributed by atoms with van der Waals surface area (Å²) in [5, 5.41) is 6.19. The van der Waals surface area contributed by atoms with Gasteiger partial charge in [-0.05, 0) is 49.8 Å². The molecule has 0 aliphatic rings. The van der Waals surface area contributed by atoms with E-state index in [4.69, 9.17) is 5.73 Å². The molecule has 76 valence electrons. The first-order chi connectivity index (χ1) is 6.29. The predicted octanol–water partition coefficient (Wildman–Crippen LogP) is 4.04. The number of nitrogens with two attached hydrogens (primary N) is 1. The van der Waals surface area contributed by atoms with Gasteiger partial charge in [0.25, 0.3) is 0 Å². The van der Waals surface area contributed by atoms with Crippen molar-refractivity contribution < 1.29 is 0 Å². The number of thiophene rings is 2. The van der Waals surface area contributed by atoms with Crippen LogP contribution in [0.4, 0.5) is 0 Å². The van der Waals surface area contributed by atoms with Crippen LogP contribution in [0.25, 0.3) is 0 Å². The van der Waals surface area contributed by atoms with E-state index in [9.17, 15) is 0 Å². The number of hydrogen-bond donors (Lipinski definition) is 1. The predicted molar refractivity (Wildman–Crippen MR) is 69.6 cm³/mol. The standard InChI is InChI=1S/C9H8BrNS2.ClH/c10-7-2-4-13-9(7)8(11)6-1-3-12-5-6;/h1-5,8H,11H2;1H/t8-;/m0./s1. The monoisotopic (exact) mass is 309 g/mol. The third-order valence-corrected chi connectivity index (χ3v) is 4.48. The average Bonchev–Trinajstić information content (AvgIpc) is 2.72. The van der Waals surface area contributed by atoms with Crippen molar-refractivity contribution in [1.82, 2.24) is 0 Å². The molecule has 2 aromatic heterocycles. The van der Waals surface area contributed by atoms with Crippen LogP contribution in [0.5, 0.6) is 0 Å². The van der Waals surface area contributed by atoms with Crippen molar-refractivity contribution in [1.29, 1.82) is 0 Å². The molecule has 0 radical (unpaired) electrons. The molecule has 0 fully saturated rings. The van der Waals surface area contributed by atoms with Gasteiger partial charge in [-0.25, -0.2) is 0 Å². The summed E-state index contributed by atoms with van der Waals surface area (Å²) in [5.74, 6) is 0. The second kappa shape index (κ2) is 5.28. The first-order valence-electron chi connectivity index (χ1n) is 3.79. The van der Waals surface area contributed by atoms with E-state index in [0.29, 0.717) is 0 Å². The highest BCUT2D eigenvalue weighted by atomic mass is 79.9. The van der Waals surface area contributed by atoms with Gasteiger partial charge in [0, 0.05) is 9.35 Å². The topological polar surface area (TPSA) is 26.0 Å². The van der Waals surface area contributed by atoms with Crippen molar-refractivity contribution in [2.45, 2.75) is 6.04 Å². The number of rotatable bonds is 2. The summed E-state index contributed by atoms with van der Waals surface area (Å²) in [4.78, 5) is 1.19. The van der Waals surface area contributed by atoms with Gasteiger partial charge in [0.15, 0.2) is 0 Å². The molecule has 0 amide bonds. The summed E-state index contributed by atoms with van der Waals surface area (Å²) in [5.41, 5.74) is 7.28. The molecular weight excluding hydrogens is 302 g/mol. The van der Waals surface area contributed by atoms with Crippen LogP contribution >= 0.6 is 51.0 Å². The largest absolute Gasteiger partial charge is 0.320 e. The van der Waals surface area contributed by atoms with Crippen LogP contribution in [0.15, 0.2) is 32.7 Å². The summed E-state index contributed by atoms with van der Waals surface area (Å²) in [7, 11) is 0. The fourth-order valence-corrected chi connectivity index (χ4v) is 3.48. The first kappa shape index (κ1) is 12.2. The molecule has 1 nitrogen and oxygen atoms in total.